The Balaban J connectivity index is 4.10. The van der Waals surface area contributed by atoms with Gasteiger partial charge in [-0.2, -0.15) is 0 Å². The van der Waals surface area contributed by atoms with Gasteiger partial charge in [0.2, 0.25) is 0 Å². The number of ether oxygens (including phenoxy) is 2. The SMILES string of the molecule is CC/C=C\C/C=C\C/C=C\C/C=C\C/C=C\CCCCCCCCCCCCOCC(COP(=O)(O)OCC[N+](C)(C)C)OC(=O)CCCCCCCCCCCCCCC. The summed E-state index contributed by atoms with van der Waals surface area (Å²) in [6.45, 7) is 5.51. The molecule has 0 amide bonds. The number of carbonyl (C=O) groups is 1. The van der Waals surface area contributed by atoms with Crippen molar-refractivity contribution in [3.63, 3.8) is 0 Å². The van der Waals surface area contributed by atoms with Crippen LogP contribution < -0.4 is 0 Å². The maximum Gasteiger partial charge on any atom is 0.472 e. The van der Waals surface area contributed by atoms with Crippen LogP contribution in [0.5, 0.6) is 0 Å². The summed E-state index contributed by atoms with van der Waals surface area (Å²) in [5.74, 6) is -0.315. The average Bonchev–Trinajstić information content (AvgIpc) is 3.22. The molecule has 0 aromatic heterocycles. The van der Waals surface area contributed by atoms with Gasteiger partial charge in [-0.15, -0.1) is 0 Å². The summed E-state index contributed by atoms with van der Waals surface area (Å²) in [4.78, 5) is 22.9. The van der Waals surface area contributed by atoms with Crippen molar-refractivity contribution in [2.45, 2.75) is 213 Å². The van der Waals surface area contributed by atoms with E-state index in [1.165, 1.54) is 122 Å². The summed E-state index contributed by atoms with van der Waals surface area (Å²) in [5, 5.41) is 0. The minimum absolute atomic E-state index is 0.0870. The first-order valence-electron chi connectivity index (χ1n) is 25.0. The van der Waals surface area contributed by atoms with E-state index in [-0.39, 0.29) is 25.8 Å². The zero-order chi connectivity index (χ0) is 44.8. The molecular formula is C52H97NO7P+. The summed E-state index contributed by atoms with van der Waals surface area (Å²) in [5.41, 5.74) is 0. The van der Waals surface area contributed by atoms with Gasteiger partial charge >= 0.3 is 13.8 Å². The van der Waals surface area contributed by atoms with Crippen molar-refractivity contribution in [3.8, 4) is 0 Å². The lowest BCUT2D eigenvalue weighted by atomic mass is 10.0. The Hall–Kier alpha value is -1.80. The summed E-state index contributed by atoms with van der Waals surface area (Å²) in [7, 11) is 1.66. The molecule has 0 saturated heterocycles. The fraction of sp³-hybridized carbons (Fsp3) is 0.788. The van der Waals surface area contributed by atoms with E-state index in [4.69, 9.17) is 18.5 Å². The molecule has 0 aliphatic heterocycles. The zero-order valence-electron chi connectivity index (χ0n) is 40.4. The maximum absolute atomic E-state index is 12.7. The fourth-order valence-electron chi connectivity index (χ4n) is 6.76. The molecule has 0 aliphatic carbocycles. The first kappa shape index (κ1) is 59.2. The monoisotopic (exact) mass is 879 g/mol. The molecule has 61 heavy (non-hydrogen) atoms. The number of carbonyl (C=O) groups excluding carboxylic acids is 1. The predicted octanol–water partition coefficient (Wildman–Crippen LogP) is 15.3. The van der Waals surface area contributed by atoms with Gasteiger partial charge in [-0.05, 0) is 57.8 Å². The highest BCUT2D eigenvalue weighted by Crippen LogP contribution is 2.43. The van der Waals surface area contributed by atoms with Crippen LogP contribution in [0.3, 0.4) is 0 Å². The summed E-state index contributed by atoms with van der Waals surface area (Å²) in [6, 6.07) is 0. The van der Waals surface area contributed by atoms with Crippen molar-refractivity contribution < 1.29 is 37.3 Å². The molecule has 2 atom stereocenters. The molecule has 0 saturated carbocycles. The normalized spacial score (nSPS) is 14.1. The van der Waals surface area contributed by atoms with Crippen LogP contribution in [0.1, 0.15) is 206 Å². The van der Waals surface area contributed by atoms with Gasteiger partial charge in [0.1, 0.15) is 19.3 Å². The second-order valence-corrected chi connectivity index (χ2v) is 19.3. The van der Waals surface area contributed by atoms with Crippen molar-refractivity contribution in [2.24, 2.45) is 0 Å². The van der Waals surface area contributed by atoms with Crippen molar-refractivity contribution in [2.75, 3.05) is 54.1 Å². The number of phosphoric ester groups is 1. The Kier molecular flexibility index (Phi) is 43.5. The van der Waals surface area contributed by atoms with Gasteiger partial charge < -0.3 is 18.9 Å². The predicted molar refractivity (Wildman–Crippen MR) is 261 cm³/mol. The lowest BCUT2D eigenvalue weighted by Crippen LogP contribution is -2.37. The molecule has 0 aromatic carbocycles. The quantitative estimate of drug-likeness (QED) is 0.0214. The summed E-state index contributed by atoms with van der Waals surface area (Å²) >= 11 is 0. The van der Waals surface area contributed by atoms with E-state index in [0.717, 1.165) is 64.2 Å². The number of rotatable bonds is 46. The van der Waals surface area contributed by atoms with Crippen LogP contribution in [0.2, 0.25) is 0 Å². The number of allylic oxidation sites excluding steroid dienone is 10. The number of esters is 1. The van der Waals surface area contributed by atoms with Gasteiger partial charge in [-0.1, -0.05) is 203 Å². The number of likely N-dealkylation sites (N-methyl/N-ethyl adjacent to an activating group) is 1. The number of phosphoric acid groups is 1. The second kappa shape index (κ2) is 44.8. The van der Waals surface area contributed by atoms with E-state index in [2.05, 4.69) is 74.6 Å². The molecule has 0 rings (SSSR count). The van der Waals surface area contributed by atoms with Crippen molar-refractivity contribution in [1.82, 2.24) is 0 Å². The van der Waals surface area contributed by atoms with Crippen LogP contribution in [-0.2, 0) is 27.9 Å². The molecule has 0 spiro atoms. The van der Waals surface area contributed by atoms with E-state index in [9.17, 15) is 14.3 Å². The molecule has 0 heterocycles. The lowest BCUT2D eigenvalue weighted by molar-refractivity contribution is -0.870. The van der Waals surface area contributed by atoms with Gasteiger partial charge in [-0.25, -0.2) is 4.57 Å². The molecular weight excluding hydrogens is 782 g/mol. The average molecular weight is 879 g/mol. The Morgan fingerprint density at radius 3 is 1.43 bits per heavy atom. The van der Waals surface area contributed by atoms with E-state index in [1.807, 2.05) is 21.1 Å². The minimum atomic E-state index is -4.28. The zero-order valence-corrected chi connectivity index (χ0v) is 41.3. The Labute approximate surface area is 377 Å². The van der Waals surface area contributed by atoms with Crippen LogP contribution in [-0.4, -0.2) is 75.6 Å². The number of hydrogen-bond donors (Lipinski definition) is 1. The third kappa shape index (κ3) is 49.1. The Bertz CT molecular complexity index is 1160. The second-order valence-electron chi connectivity index (χ2n) is 17.8. The highest BCUT2D eigenvalue weighted by molar-refractivity contribution is 7.47. The third-order valence-corrected chi connectivity index (χ3v) is 11.6. The van der Waals surface area contributed by atoms with E-state index in [0.29, 0.717) is 24.1 Å². The maximum atomic E-state index is 12.7. The van der Waals surface area contributed by atoms with Crippen LogP contribution >= 0.6 is 7.82 Å². The Morgan fingerprint density at radius 1 is 0.525 bits per heavy atom. The van der Waals surface area contributed by atoms with Gasteiger partial charge in [0.25, 0.3) is 0 Å². The number of nitrogens with zero attached hydrogens (tertiary/aromatic N) is 1. The van der Waals surface area contributed by atoms with Gasteiger partial charge in [0.15, 0.2) is 0 Å². The molecule has 0 fully saturated rings. The lowest BCUT2D eigenvalue weighted by Gasteiger charge is -2.24. The molecule has 356 valence electrons. The summed E-state index contributed by atoms with van der Waals surface area (Å²) < 4.78 is 35.1. The molecule has 8 nitrogen and oxygen atoms in total. The molecule has 0 bridgehead atoms. The first-order chi connectivity index (χ1) is 29.6. The van der Waals surface area contributed by atoms with Crippen LogP contribution in [0.15, 0.2) is 60.8 Å². The topological polar surface area (TPSA) is 91.3 Å². The fourth-order valence-corrected chi connectivity index (χ4v) is 7.50. The third-order valence-electron chi connectivity index (χ3n) is 10.6. The highest BCUT2D eigenvalue weighted by atomic mass is 31.2. The largest absolute Gasteiger partial charge is 0.472 e. The molecule has 0 aliphatic rings. The van der Waals surface area contributed by atoms with Crippen molar-refractivity contribution >= 4 is 13.8 Å². The van der Waals surface area contributed by atoms with Gasteiger partial charge in [0.05, 0.1) is 34.4 Å². The summed E-state index contributed by atoms with van der Waals surface area (Å²) in [6.07, 6.45) is 56.9. The number of unbranched alkanes of at least 4 members (excludes halogenated alkanes) is 22. The van der Waals surface area contributed by atoms with E-state index >= 15 is 0 Å². The number of hydrogen-bond acceptors (Lipinski definition) is 6. The molecule has 2 unspecified atom stereocenters. The van der Waals surface area contributed by atoms with E-state index in [1.54, 1.807) is 0 Å². The van der Waals surface area contributed by atoms with Gasteiger partial charge in [-0.3, -0.25) is 13.8 Å². The minimum Gasteiger partial charge on any atom is -0.457 e. The number of quaternary nitrogens is 1. The molecule has 9 heteroatoms. The standard InChI is InChI=1S/C52H96NO7P/c1-6-8-10-12-14-16-18-20-21-22-23-24-25-26-27-28-29-30-31-32-34-36-38-40-42-44-47-57-49-51(50-59-61(55,56)58-48-46-53(3,4)5)60-52(54)45-43-41-39-37-35-33-19-17-15-13-11-9-7-2/h8,10,14,16,20-21,23-24,26-27,51H,6-7,9,11-13,15,17-19,22,25,28-50H2,1-5H3/p+1/b10-8-,16-14-,21-20-,24-23-,27-26-. The van der Waals surface area contributed by atoms with Crippen LogP contribution in [0, 0.1) is 0 Å². The van der Waals surface area contributed by atoms with Crippen molar-refractivity contribution in [1.29, 1.82) is 0 Å². The molecule has 0 radical (unpaired) electrons. The molecule has 0 aromatic rings. The Morgan fingerprint density at radius 2 is 0.951 bits per heavy atom. The van der Waals surface area contributed by atoms with Crippen LogP contribution in [0.4, 0.5) is 0 Å². The van der Waals surface area contributed by atoms with Crippen LogP contribution in [0.25, 0.3) is 0 Å². The van der Waals surface area contributed by atoms with Crippen molar-refractivity contribution in [3.05, 3.63) is 60.8 Å². The first-order valence-corrected chi connectivity index (χ1v) is 26.5. The molecule has 1 N–H and O–H groups in total. The van der Waals surface area contributed by atoms with Gasteiger partial charge in [0, 0.05) is 13.0 Å². The smallest absolute Gasteiger partial charge is 0.457 e. The highest BCUT2D eigenvalue weighted by Gasteiger charge is 2.26. The van der Waals surface area contributed by atoms with E-state index < -0.39 is 13.9 Å².